The highest BCUT2D eigenvalue weighted by Crippen LogP contribution is 2.19. The van der Waals surface area contributed by atoms with Gasteiger partial charge in [-0.2, -0.15) is 0 Å². The van der Waals surface area contributed by atoms with Crippen LogP contribution in [0.4, 0.5) is 0 Å². The van der Waals surface area contributed by atoms with Gasteiger partial charge in [-0.1, -0.05) is 24.3 Å². The molecule has 0 aliphatic rings. The molecule has 1 aromatic rings. The van der Waals surface area contributed by atoms with Crippen molar-refractivity contribution in [2.45, 2.75) is 12.8 Å². The van der Waals surface area contributed by atoms with Crippen LogP contribution in [0, 0.1) is 0 Å². The van der Waals surface area contributed by atoms with Crippen LogP contribution in [-0.4, -0.2) is 33.4 Å². The number of carbonyl (C=O) groups is 1. The Bertz CT molecular complexity index is 426. The van der Waals surface area contributed by atoms with Gasteiger partial charge in [0.15, 0.2) is 0 Å². The topological polar surface area (TPSA) is 44.8 Å². The number of rotatable bonds is 7. The first-order valence-electron chi connectivity index (χ1n) is 6.17. The van der Waals surface area contributed by atoms with Crippen molar-refractivity contribution in [1.29, 1.82) is 0 Å². The summed E-state index contributed by atoms with van der Waals surface area (Å²) in [5, 5.41) is 0. The number of hydrogen-bond acceptors (Lipinski definition) is 4. The Morgan fingerprint density at radius 3 is 2.79 bits per heavy atom. The van der Waals surface area contributed by atoms with Gasteiger partial charge in [0.2, 0.25) is 0 Å². The second-order valence-electron chi connectivity index (χ2n) is 3.96. The third-order valence-corrected chi connectivity index (χ3v) is 2.66. The normalized spacial score (nSPS) is 12.4. The van der Waals surface area contributed by atoms with Gasteiger partial charge in [-0.3, -0.25) is 4.79 Å². The Labute approximate surface area is 114 Å². The molecule has 1 unspecified atom stereocenters. The van der Waals surface area contributed by atoms with Crippen molar-refractivity contribution >= 4 is 12.0 Å². The van der Waals surface area contributed by atoms with Gasteiger partial charge >= 0.3 is 5.97 Å². The van der Waals surface area contributed by atoms with Crippen molar-refractivity contribution in [3.63, 3.8) is 0 Å². The molecule has 4 nitrogen and oxygen atoms in total. The zero-order valence-electron chi connectivity index (χ0n) is 11.6. The van der Waals surface area contributed by atoms with E-state index in [2.05, 4.69) is 0 Å². The van der Waals surface area contributed by atoms with E-state index in [0.29, 0.717) is 13.2 Å². The summed E-state index contributed by atoms with van der Waals surface area (Å²) in [4.78, 5) is 11.7. The van der Waals surface area contributed by atoms with Crippen molar-refractivity contribution in [3.8, 4) is 0 Å². The maximum Gasteiger partial charge on any atom is 0.315 e. The minimum absolute atomic E-state index is 0.297. The Morgan fingerprint density at radius 2 is 2.16 bits per heavy atom. The lowest BCUT2D eigenvalue weighted by Crippen LogP contribution is -2.19. The van der Waals surface area contributed by atoms with E-state index in [1.165, 1.54) is 7.11 Å². The molecule has 0 bridgehead atoms. The number of carbonyl (C=O) groups excluding carboxylic acids is 1. The van der Waals surface area contributed by atoms with Crippen molar-refractivity contribution in [2.75, 3.05) is 27.4 Å². The smallest absolute Gasteiger partial charge is 0.315 e. The molecule has 1 aromatic carbocycles. The number of methoxy groups -OCH3 is 2. The molecule has 1 atom stereocenters. The van der Waals surface area contributed by atoms with Crippen LogP contribution in [0.5, 0.6) is 0 Å². The highest BCUT2D eigenvalue weighted by Gasteiger charge is 2.21. The molecular formula is C15H20O4. The summed E-state index contributed by atoms with van der Waals surface area (Å²) in [6, 6.07) is 7.65. The van der Waals surface area contributed by atoms with Gasteiger partial charge < -0.3 is 14.2 Å². The molecule has 0 fully saturated rings. The molecule has 0 heterocycles. The minimum Gasteiger partial charge on any atom is -0.501 e. The summed E-state index contributed by atoms with van der Waals surface area (Å²) in [7, 11) is 2.94. The van der Waals surface area contributed by atoms with E-state index in [-0.39, 0.29) is 5.97 Å². The fourth-order valence-electron chi connectivity index (χ4n) is 1.71. The predicted octanol–water partition coefficient (Wildman–Crippen LogP) is 2.60. The lowest BCUT2D eigenvalue weighted by atomic mass is 9.98. The molecule has 0 N–H and O–H groups in total. The predicted molar refractivity (Wildman–Crippen MR) is 73.7 cm³/mol. The summed E-state index contributed by atoms with van der Waals surface area (Å²) in [6.45, 7) is 2.85. The van der Waals surface area contributed by atoms with Crippen molar-refractivity contribution in [3.05, 3.63) is 41.7 Å². The van der Waals surface area contributed by atoms with Crippen LogP contribution in [0.25, 0.3) is 6.08 Å². The molecule has 1 rings (SSSR count). The van der Waals surface area contributed by atoms with E-state index in [4.69, 9.17) is 14.2 Å². The van der Waals surface area contributed by atoms with Crippen molar-refractivity contribution in [1.82, 2.24) is 0 Å². The fourth-order valence-corrected chi connectivity index (χ4v) is 1.71. The maximum absolute atomic E-state index is 11.7. The second kappa shape index (κ2) is 8.32. The van der Waals surface area contributed by atoms with Gasteiger partial charge in [0.1, 0.15) is 5.92 Å². The molecule has 0 saturated heterocycles. The Hall–Kier alpha value is -1.81. The molecule has 0 saturated carbocycles. The highest BCUT2D eigenvalue weighted by molar-refractivity contribution is 5.78. The zero-order chi connectivity index (χ0) is 14.1. The summed E-state index contributed by atoms with van der Waals surface area (Å²) >= 11 is 0. The fraction of sp³-hybridized carbons (Fsp3) is 0.400. The van der Waals surface area contributed by atoms with Crippen LogP contribution in [0.15, 0.2) is 30.5 Å². The average molecular weight is 264 g/mol. The van der Waals surface area contributed by atoms with E-state index in [0.717, 1.165) is 11.1 Å². The van der Waals surface area contributed by atoms with Crippen LogP contribution in [0.2, 0.25) is 0 Å². The van der Waals surface area contributed by atoms with E-state index in [1.54, 1.807) is 13.4 Å². The van der Waals surface area contributed by atoms with Crippen molar-refractivity contribution < 1.29 is 19.0 Å². The molecule has 0 aliphatic heterocycles. The van der Waals surface area contributed by atoms with E-state index < -0.39 is 5.92 Å². The third-order valence-electron chi connectivity index (χ3n) is 2.66. The summed E-state index contributed by atoms with van der Waals surface area (Å²) in [5.41, 5.74) is 1.84. The number of hydrogen-bond donors (Lipinski definition) is 0. The molecular weight excluding hydrogens is 244 g/mol. The number of benzene rings is 1. The van der Waals surface area contributed by atoms with E-state index in [9.17, 15) is 4.79 Å². The lowest BCUT2D eigenvalue weighted by molar-refractivity contribution is -0.143. The van der Waals surface area contributed by atoms with Crippen molar-refractivity contribution in [2.24, 2.45) is 0 Å². The highest BCUT2D eigenvalue weighted by atomic mass is 16.5. The first-order chi connectivity index (χ1) is 9.22. The second-order valence-corrected chi connectivity index (χ2v) is 3.96. The Balaban J connectivity index is 2.91. The van der Waals surface area contributed by atoms with Crippen LogP contribution in [0.1, 0.15) is 24.0 Å². The van der Waals surface area contributed by atoms with Crippen LogP contribution in [0.3, 0.4) is 0 Å². The first-order valence-corrected chi connectivity index (χ1v) is 6.17. The lowest BCUT2D eigenvalue weighted by Gasteiger charge is -2.14. The molecule has 104 valence electrons. The standard InChI is InChI=1S/C15H20O4/c1-4-19-9-8-12-6-5-7-13(10-12)14(11-17-2)15(16)18-3/h5-10,14H,4,11H2,1-3H3/b9-8+. The monoisotopic (exact) mass is 264 g/mol. The molecule has 0 spiro atoms. The van der Waals surface area contributed by atoms with Crippen LogP contribution < -0.4 is 0 Å². The molecule has 0 amide bonds. The number of esters is 1. The molecule has 19 heavy (non-hydrogen) atoms. The first kappa shape index (κ1) is 15.2. The van der Waals surface area contributed by atoms with Gasteiger partial charge in [0.25, 0.3) is 0 Å². The summed E-state index contributed by atoms with van der Waals surface area (Å²) in [5.74, 6) is -0.705. The number of ether oxygens (including phenoxy) is 3. The average Bonchev–Trinajstić information content (AvgIpc) is 2.44. The van der Waals surface area contributed by atoms with Crippen LogP contribution >= 0.6 is 0 Å². The molecule has 0 aromatic heterocycles. The van der Waals surface area contributed by atoms with E-state index in [1.807, 2.05) is 37.3 Å². The SMILES string of the molecule is CCO/C=C/c1cccc(C(COC)C(=O)OC)c1. The molecule has 0 aliphatic carbocycles. The molecule has 0 radical (unpaired) electrons. The van der Waals surface area contributed by atoms with Gasteiger partial charge in [0.05, 0.1) is 26.6 Å². The molecule has 4 heteroatoms. The largest absolute Gasteiger partial charge is 0.501 e. The summed E-state index contributed by atoms with van der Waals surface area (Å²) in [6.07, 6.45) is 3.50. The Morgan fingerprint density at radius 1 is 1.37 bits per heavy atom. The third kappa shape index (κ3) is 4.75. The van der Waals surface area contributed by atoms with Gasteiger partial charge in [0, 0.05) is 7.11 Å². The van der Waals surface area contributed by atoms with Gasteiger partial charge in [-0.15, -0.1) is 0 Å². The Kier molecular flexibility index (Phi) is 6.68. The summed E-state index contributed by atoms with van der Waals surface area (Å²) < 4.78 is 15.0. The minimum atomic E-state index is -0.407. The van der Waals surface area contributed by atoms with E-state index >= 15 is 0 Å². The van der Waals surface area contributed by atoms with Gasteiger partial charge in [-0.05, 0) is 24.1 Å². The quantitative estimate of drug-likeness (QED) is 0.561. The zero-order valence-corrected chi connectivity index (χ0v) is 11.6. The maximum atomic E-state index is 11.7. The van der Waals surface area contributed by atoms with Crippen LogP contribution in [-0.2, 0) is 19.0 Å². The van der Waals surface area contributed by atoms with Gasteiger partial charge in [-0.25, -0.2) is 0 Å².